The van der Waals surface area contributed by atoms with Crippen molar-refractivity contribution >= 4 is 15.4 Å². The van der Waals surface area contributed by atoms with Gasteiger partial charge in [-0.05, 0) is 0 Å². The highest BCUT2D eigenvalue weighted by atomic mass is 31.2. The van der Waals surface area contributed by atoms with Gasteiger partial charge in [0.1, 0.15) is 0 Å². The second-order valence-corrected chi connectivity index (χ2v) is 1.79. The van der Waals surface area contributed by atoms with Crippen LogP contribution in [0.2, 0.25) is 0 Å². The van der Waals surface area contributed by atoms with Gasteiger partial charge in [0.25, 0.3) is 0 Å². The third kappa shape index (κ3) is 67400. The van der Waals surface area contributed by atoms with Gasteiger partial charge in [-0.15, -0.1) is 0 Å². The van der Waals surface area contributed by atoms with Crippen LogP contribution < -0.4 is 0 Å². The van der Waals surface area contributed by atoms with Crippen LogP contribution in [-0.2, 0) is 4.57 Å². The van der Waals surface area contributed by atoms with Crippen LogP contribution >= 0.6 is 7.82 Å². The Balaban J connectivity index is -0.0000000910. The first kappa shape index (κ1) is 16.5. The summed E-state index contributed by atoms with van der Waals surface area (Å²) in [5, 5.41) is 0. The highest BCUT2D eigenvalue weighted by Gasteiger charge is 2.06. The summed E-state index contributed by atoms with van der Waals surface area (Å²) < 4.78 is 37.9. The van der Waals surface area contributed by atoms with Crippen molar-refractivity contribution in [1.82, 2.24) is 0 Å². The molecule has 0 saturated heterocycles. The average Bonchev–Trinajstić information content (AvgIpc) is 1.19. The lowest BCUT2D eigenvalue weighted by Gasteiger charge is -1.82. The second kappa shape index (κ2) is 7.04. The summed E-state index contributed by atoms with van der Waals surface area (Å²) in [6.45, 7) is 0. The first-order valence-corrected chi connectivity index (χ1v) is 3.00. The standard InChI is InChI=1S/BF3.H3O4P.H2O/c2-1(3)4;1-5(2,3)4;/h;(H3,1,2,3,4);1H2. The molecular weight excluding hydrogens is 179 g/mol. The second-order valence-electron chi connectivity index (χ2n) is 0.761. The van der Waals surface area contributed by atoms with Crippen molar-refractivity contribution in [2.24, 2.45) is 0 Å². The zero-order chi connectivity index (χ0) is 8.08. The SMILES string of the molecule is FB(F)F.O.O=P(O)(O)O. The number of hydrogen-bond donors (Lipinski definition) is 3. The number of hydrogen-bond acceptors (Lipinski definition) is 1. The van der Waals surface area contributed by atoms with E-state index in [2.05, 4.69) is 0 Å². The van der Waals surface area contributed by atoms with Gasteiger partial charge in [0.2, 0.25) is 0 Å². The molecular formula is H5BF3O5P. The van der Waals surface area contributed by atoms with Crippen molar-refractivity contribution in [2.75, 3.05) is 0 Å². The summed E-state index contributed by atoms with van der Waals surface area (Å²) in [6.07, 6.45) is 0. The molecule has 0 amide bonds. The molecule has 0 fully saturated rings. The first-order valence-electron chi connectivity index (χ1n) is 1.44. The maximum absolute atomic E-state index is 9.67. The predicted molar refractivity (Wildman–Crippen MR) is 27.0 cm³/mol. The molecule has 10 heteroatoms. The van der Waals surface area contributed by atoms with E-state index < -0.39 is 15.4 Å². The summed E-state index contributed by atoms with van der Waals surface area (Å²) in [7, 11) is -8.31. The lowest BCUT2D eigenvalue weighted by molar-refractivity contribution is 0.275. The lowest BCUT2D eigenvalue weighted by atomic mass is 10.5. The van der Waals surface area contributed by atoms with Crippen LogP contribution in [-0.4, -0.2) is 27.7 Å². The summed E-state index contributed by atoms with van der Waals surface area (Å²) in [4.78, 5) is 21.6. The minimum Gasteiger partial charge on any atom is -0.412 e. The minimum absolute atomic E-state index is 0. The van der Waals surface area contributed by atoms with Gasteiger partial charge in [-0.25, -0.2) is 4.57 Å². The third-order valence-corrected chi connectivity index (χ3v) is 0. The van der Waals surface area contributed by atoms with Gasteiger partial charge >= 0.3 is 15.4 Å². The van der Waals surface area contributed by atoms with E-state index in [1.807, 2.05) is 0 Å². The molecule has 0 rings (SSSR count). The fraction of sp³-hybridized carbons (Fsp3) is 0. The molecule has 0 heterocycles. The Labute approximate surface area is 54.3 Å². The molecule has 0 aliphatic carbocycles. The van der Waals surface area contributed by atoms with Gasteiger partial charge in [-0.3, -0.25) is 12.9 Å². The van der Waals surface area contributed by atoms with Crippen molar-refractivity contribution in [3.8, 4) is 0 Å². The molecule has 0 radical (unpaired) electrons. The molecule has 5 nitrogen and oxygen atoms in total. The van der Waals surface area contributed by atoms with Gasteiger partial charge in [-0.1, -0.05) is 0 Å². The first-order chi connectivity index (χ1) is 3.73. The molecule has 0 aromatic carbocycles. The van der Waals surface area contributed by atoms with E-state index in [9.17, 15) is 12.9 Å². The van der Waals surface area contributed by atoms with E-state index in [1.165, 1.54) is 0 Å². The Kier molecular flexibility index (Phi) is 11.6. The molecule has 0 aliphatic rings. The lowest BCUT2D eigenvalue weighted by Crippen LogP contribution is -1.76. The predicted octanol–water partition coefficient (Wildman–Crippen LogP) is -0.873. The summed E-state index contributed by atoms with van der Waals surface area (Å²) in [6, 6.07) is 0. The molecule has 0 aromatic heterocycles. The van der Waals surface area contributed by atoms with Gasteiger partial charge in [0.15, 0.2) is 0 Å². The molecule has 0 aliphatic heterocycles. The zero-order valence-electron chi connectivity index (χ0n) is 4.41. The normalized spacial score (nSPS) is 8.60. The Hall–Kier alpha value is -0.0751. The van der Waals surface area contributed by atoms with Crippen molar-refractivity contribution in [1.29, 1.82) is 0 Å². The number of halogens is 3. The van der Waals surface area contributed by atoms with Gasteiger partial charge in [0.05, 0.1) is 0 Å². The molecule has 0 bridgehead atoms. The van der Waals surface area contributed by atoms with Crippen LogP contribution in [0.4, 0.5) is 12.9 Å². The quantitative estimate of drug-likeness (QED) is 0.335. The van der Waals surface area contributed by atoms with Gasteiger partial charge in [-0.2, -0.15) is 0 Å². The topological polar surface area (TPSA) is 109 Å². The van der Waals surface area contributed by atoms with E-state index in [4.69, 9.17) is 19.2 Å². The Bertz CT molecular complexity index is 88.0. The number of phosphoric acid groups is 1. The largest absolute Gasteiger partial charge is 0.762 e. The van der Waals surface area contributed by atoms with Gasteiger partial charge in [0, 0.05) is 0 Å². The molecule has 0 saturated carbocycles. The molecule has 0 aromatic rings. The maximum Gasteiger partial charge on any atom is 0.762 e. The van der Waals surface area contributed by atoms with Crippen LogP contribution in [0.1, 0.15) is 0 Å². The van der Waals surface area contributed by atoms with E-state index in [-0.39, 0.29) is 5.48 Å². The van der Waals surface area contributed by atoms with Crippen LogP contribution in [0.3, 0.4) is 0 Å². The molecule has 0 unspecified atom stereocenters. The van der Waals surface area contributed by atoms with E-state index in [0.717, 1.165) is 0 Å². The summed E-state index contributed by atoms with van der Waals surface area (Å²) in [5.74, 6) is 0. The molecule has 64 valence electrons. The fourth-order valence-corrected chi connectivity index (χ4v) is 0. The van der Waals surface area contributed by atoms with E-state index in [1.54, 1.807) is 0 Å². The van der Waals surface area contributed by atoms with Gasteiger partial charge < -0.3 is 20.2 Å². The highest BCUT2D eigenvalue weighted by molar-refractivity contribution is 7.45. The highest BCUT2D eigenvalue weighted by Crippen LogP contribution is 2.25. The number of rotatable bonds is 0. The average molecular weight is 184 g/mol. The maximum atomic E-state index is 9.67. The van der Waals surface area contributed by atoms with Crippen molar-refractivity contribution in [3.05, 3.63) is 0 Å². The van der Waals surface area contributed by atoms with Crippen molar-refractivity contribution in [2.45, 2.75) is 0 Å². The summed E-state index contributed by atoms with van der Waals surface area (Å²) >= 11 is 0. The van der Waals surface area contributed by atoms with Crippen molar-refractivity contribution < 1.29 is 37.7 Å². The Morgan fingerprint density at radius 2 is 1.10 bits per heavy atom. The molecule has 5 N–H and O–H groups in total. The van der Waals surface area contributed by atoms with Crippen LogP contribution in [0.15, 0.2) is 0 Å². The Morgan fingerprint density at radius 3 is 1.10 bits per heavy atom. The third-order valence-electron chi connectivity index (χ3n) is 0. The molecule has 0 atom stereocenters. The summed E-state index contributed by atoms with van der Waals surface area (Å²) in [5.41, 5.74) is 0. The van der Waals surface area contributed by atoms with Crippen LogP contribution in [0, 0.1) is 0 Å². The monoisotopic (exact) mass is 184 g/mol. The molecule has 10 heavy (non-hydrogen) atoms. The zero-order valence-corrected chi connectivity index (χ0v) is 5.30. The van der Waals surface area contributed by atoms with E-state index >= 15 is 0 Å². The van der Waals surface area contributed by atoms with E-state index in [0.29, 0.717) is 0 Å². The van der Waals surface area contributed by atoms with Crippen molar-refractivity contribution in [3.63, 3.8) is 0 Å². The fourth-order valence-electron chi connectivity index (χ4n) is 0. The minimum atomic E-state index is -4.64. The Morgan fingerprint density at radius 1 is 1.10 bits per heavy atom. The van der Waals surface area contributed by atoms with Crippen LogP contribution in [0.25, 0.3) is 0 Å². The van der Waals surface area contributed by atoms with Crippen LogP contribution in [0.5, 0.6) is 0 Å². The smallest absolute Gasteiger partial charge is 0.412 e. The molecule has 0 spiro atoms.